The maximum atomic E-state index is 4.07. The largest absolute Gasteiger partial charge is 0.306 e. The lowest BCUT2D eigenvalue weighted by Gasteiger charge is -2.26. The van der Waals surface area contributed by atoms with E-state index in [4.69, 9.17) is 0 Å². The molecule has 1 aliphatic rings. The highest BCUT2D eigenvalue weighted by molar-refractivity contribution is 5.34. The molecule has 2 aromatic rings. The Hall–Kier alpha value is -1.61. The van der Waals surface area contributed by atoms with Gasteiger partial charge in [-0.3, -0.25) is 4.90 Å². The lowest BCUT2D eigenvalue weighted by Crippen LogP contribution is -2.29. The van der Waals surface area contributed by atoms with Crippen LogP contribution in [0.1, 0.15) is 38.7 Å². The van der Waals surface area contributed by atoms with E-state index in [1.54, 1.807) is 0 Å². The molecule has 0 saturated carbocycles. The molecule has 3 rings (SSSR count). The Kier molecular flexibility index (Phi) is 5.81. The fraction of sp³-hybridized carbons (Fsp3) is 0.471. The van der Waals surface area contributed by atoms with Crippen molar-refractivity contribution < 1.29 is 0 Å². The molecular formula is C17H25N3. The first-order valence-corrected chi connectivity index (χ1v) is 7.71. The van der Waals surface area contributed by atoms with Crippen molar-refractivity contribution in [3.05, 3.63) is 48.5 Å². The molecule has 1 aliphatic heterocycles. The summed E-state index contributed by atoms with van der Waals surface area (Å²) in [5.74, 6) is 0. The molecule has 1 saturated heterocycles. The van der Waals surface area contributed by atoms with Crippen molar-refractivity contribution in [2.45, 2.75) is 39.7 Å². The lowest BCUT2D eigenvalue weighted by molar-refractivity contribution is 0.221. The average molecular weight is 271 g/mol. The van der Waals surface area contributed by atoms with E-state index in [1.165, 1.54) is 43.6 Å². The van der Waals surface area contributed by atoms with Gasteiger partial charge < -0.3 is 4.57 Å². The van der Waals surface area contributed by atoms with Gasteiger partial charge in [-0.1, -0.05) is 32.4 Å². The van der Waals surface area contributed by atoms with Crippen molar-refractivity contribution in [3.63, 3.8) is 0 Å². The molecule has 3 nitrogen and oxygen atoms in total. The lowest BCUT2D eigenvalue weighted by atomic mass is 10.1. The number of likely N-dealkylation sites (tertiary alicyclic amines) is 1. The maximum Gasteiger partial charge on any atom is 0.0991 e. The number of rotatable bonds is 3. The summed E-state index contributed by atoms with van der Waals surface area (Å²) < 4.78 is 2.03. The van der Waals surface area contributed by atoms with Crippen LogP contribution in [0.5, 0.6) is 0 Å². The molecule has 0 aliphatic carbocycles. The van der Waals surface area contributed by atoms with E-state index in [0.717, 1.165) is 6.54 Å². The molecule has 0 atom stereocenters. The molecule has 0 bridgehead atoms. The minimum absolute atomic E-state index is 1.09. The maximum absolute atomic E-state index is 4.07. The van der Waals surface area contributed by atoms with Crippen molar-refractivity contribution >= 4 is 0 Å². The summed E-state index contributed by atoms with van der Waals surface area (Å²) in [5, 5.41) is 0. The molecule has 0 unspecified atom stereocenters. The zero-order valence-electron chi connectivity index (χ0n) is 12.6. The Morgan fingerprint density at radius 3 is 2.30 bits per heavy atom. The van der Waals surface area contributed by atoms with Crippen LogP contribution in [-0.4, -0.2) is 27.5 Å². The standard InChI is InChI=1S/C15H19N3.C2H6/c1-2-9-17(10-3-1)12-14-4-6-15(7-5-14)18-11-8-16-13-18;1-2/h4-8,11,13H,1-3,9-10,12H2;1-2H3. The van der Waals surface area contributed by atoms with Crippen LogP contribution in [0.2, 0.25) is 0 Å². The van der Waals surface area contributed by atoms with Crippen molar-refractivity contribution in [2.24, 2.45) is 0 Å². The second-order valence-corrected chi connectivity index (χ2v) is 4.97. The van der Waals surface area contributed by atoms with Gasteiger partial charge in [0, 0.05) is 24.6 Å². The van der Waals surface area contributed by atoms with E-state index in [0.29, 0.717) is 0 Å². The predicted molar refractivity (Wildman–Crippen MR) is 84.0 cm³/mol. The number of hydrogen-bond acceptors (Lipinski definition) is 2. The number of aromatic nitrogens is 2. The fourth-order valence-corrected chi connectivity index (χ4v) is 2.56. The molecule has 20 heavy (non-hydrogen) atoms. The quantitative estimate of drug-likeness (QED) is 0.844. The van der Waals surface area contributed by atoms with E-state index < -0.39 is 0 Å². The SMILES string of the molecule is CC.c1cn(-c2ccc(CN3CCCCC3)cc2)cn1. The first-order chi connectivity index (χ1) is 9.92. The van der Waals surface area contributed by atoms with Crippen LogP contribution in [0.25, 0.3) is 5.69 Å². The van der Waals surface area contributed by atoms with E-state index in [-0.39, 0.29) is 0 Å². The van der Waals surface area contributed by atoms with Gasteiger partial charge in [0.05, 0.1) is 6.33 Å². The smallest absolute Gasteiger partial charge is 0.0991 e. The molecule has 108 valence electrons. The molecule has 1 fully saturated rings. The van der Waals surface area contributed by atoms with Crippen LogP contribution in [0.4, 0.5) is 0 Å². The van der Waals surface area contributed by atoms with Crippen LogP contribution in [0.3, 0.4) is 0 Å². The minimum Gasteiger partial charge on any atom is -0.306 e. The number of benzene rings is 1. The Labute approximate surface area is 122 Å². The van der Waals surface area contributed by atoms with Gasteiger partial charge in [-0.2, -0.15) is 0 Å². The summed E-state index contributed by atoms with van der Waals surface area (Å²) >= 11 is 0. The fourth-order valence-electron chi connectivity index (χ4n) is 2.56. The number of nitrogens with zero attached hydrogens (tertiary/aromatic N) is 3. The van der Waals surface area contributed by atoms with E-state index in [2.05, 4.69) is 34.1 Å². The van der Waals surface area contributed by atoms with Crippen molar-refractivity contribution in [2.75, 3.05) is 13.1 Å². The zero-order valence-corrected chi connectivity index (χ0v) is 12.6. The van der Waals surface area contributed by atoms with Gasteiger partial charge in [0.2, 0.25) is 0 Å². The third kappa shape index (κ3) is 3.94. The number of imidazole rings is 1. The van der Waals surface area contributed by atoms with Crippen LogP contribution in [0.15, 0.2) is 43.0 Å². The highest BCUT2D eigenvalue weighted by atomic mass is 15.1. The molecule has 0 N–H and O–H groups in total. The first kappa shape index (κ1) is 14.8. The molecule has 1 aromatic carbocycles. The Morgan fingerprint density at radius 2 is 1.70 bits per heavy atom. The van der Waals surface area contributed by atoms with Crippen LogP contribution in [-0.2, 0) is 6.54 Å². The summed E-state index contributed by atoms with van der Waals surface area (Å²) in [6, 6.07) is 8.79. The Balaban J connectivity index is 0.000000704. The highest BCUT2D eigenvalue weighted by Crippen LogP contribution is 2.14. The zero-order chi connectivity index (χ0) is 14.2. The van der Waals surface area contributed by atoms with Crippen molar-refractivity contribution in [3.8, 4) is 5.69 Å². The first-order valence-electron chi connectivity index (χ1n) is 7.71. The molecular weight excluding hydrogens is 246 g/mol. The Bertz CT molecular complexity index is 467. The second kappa shape index (κ2) is 7.85. The van der Waals surface area contributed by atoms with E-state index in [9.17, 15) is 0 Å². The van der Waals surface area contributed by atoms with E-state index in [1.807, 2.05) is 37.1 Å². The summed E-state index contributed by atoms with van der Waals surface area (Å²) in [6.07, 6.45) is 9.72. The van der Waals surface area contributed by atoms with Gasteiger partial charge in [0.1, 0.15) is 0 Å². The van der Waals surface area contributed by atoms with Gasteiger partial charge in [-0.25, -0.2) is 4.98 Å². The molecule has 0 spiro atoms. The van der Waals surface area contributed by atoms with Gasteiger partial charge in [-0.05, 0) is 43.6 Å². The number of piperidine rings is 1. The second-order valence-electron chi connectivity index (χ2n) is 4.97. The third-order valence-corrected chi connectivity index (χ3v) is 3.59. The molecule has 3 heteroatoms. The van der Waals surface area contributed by atoms with Crippen LogP contribution < -0.4 is 0 Å². The van der Waals surface area contributed by atoms with Crippen LogP contribution >= 0.6 is 0 Å². The van der Waals surface area contributed by atoms with Gasteiger partial charge in [0.15, 0.2) is 0 Å². The predicted octanol–water partition coefficient (Wildman–Crippen LogP) is 3.88. The van der Waals surface area contributed by atoms with Gasteiger partial charge >= 0.3 is 0 Å². The van der Waals surface area contributed by atoms with E-state index >= 15 is 0 Å². The molecule has 0 radical (unpaired) electrons. The monoisotopic (exact) mass is 271 g/mol. The minimum atomic E-state index is 1.09. The molecule has 2 heterocycles. The van der Waals surface area contributed by atoms with Gasteiger partial charge in [0.25, 0.3) is 0 Å². The highest BCUT2D eigenvalue weighted by Gasteiger charge is 2.10. The third-order valence-electron chi connectivity index (χ3n) is 3.59. The summed E-state index contributed by atoms with van der Waals surface area (Å²) in [4.78, 5) is 6.62. The van der Waals surface area contributed by atoms with Gasteiger partial charge in [-0.15, -0.1) is 0 Å². The normalized spacial score (nSPS) is 15.5. The summed E-state index contributed by atoms with van der Waals surface area (Å²) in [6.45, 7) is 7.59. The van der Waals surface area contributed by atoms with Crippen molar-refractivity contribution in [1.82, 2.24) is 14.5 Å². The van der Waals surface area contributed by atoms with Crippen LogP contribution in [0, 0.1) is 0 Å². The summed E-state index contributed by atoms with van der Waals surface area (Å²) in [5.41, 5.74) is 2.58. The Morgan fingerprint density at radius 1 is 1.00 bits per heavy atom. The number of hydrogen-bond donors (Lipinski definition) is 0. The average Bonchev–Trinajstić information content (AvgIpc) is 3.05. The van der Waals surface area contributed by atoms with Crippen molar-refractivity contribution in [1.29, 1.82) is 0 Å². The topological polar surface area (TPSA) is 21.1 Å². The summed E-state index contributed by atoms with van der Waals surface area (Å²) in [7, 11) is 0. The molecule has 1 aromatic heterocycles. The molecule has 0 amide bonds.